The van der Waals surface area contributed by atoms with Crippen molar-refractivity contribution >= 4 is 5.97 Å². The van der Waals surface area contributed by atoms with Crippen LogP contribution >= 0.6 is 0 Å². The zero-order valence-corrected chi connectivity index (χ0v) is 18.9. The lowest BCUT2D eigenvalue weighted by Gasteiger charge is -2.38. The highest BCUT2D eigenvalue weighted by Gasteiger charge is 2.33. The average molecular weight is 407 g/mol. The summed E-state index contributed by atoms with van der Waals surface area (Å²) < 4.78 is 5.64. The van der Waals surface area contributed by atoms with E-state index in [-0.39, 0.29) is 5.97 Å². The Hall–Kier alpha value is -2.09. The van der Waals surface area contributed by atoms with Crippen molar-refractivity contribution in [2.24, 2.45) is 0 Å². The molecule has 2 nitrogen and oxygen atoms in total. The quantitative estimate of drug-likeness (QED) is 0.227. The molecule has 2 aromatic carbocycles. The first-order valence-corrected chi connectivity index (χ1v) is 12.1. The van der Waals surface area contributed by atoms with E-state index in [1.54, 1.807) is 0 Å². The van der Waals surface area contributed by atoms with Gasteiger partial charge in [-0.05, 0) is 66.5 Å². The summed E-state index contributed by atoms with van der Waals surface area (Å²) in [5, 5.41) is 0. The van der Waals surface area contributed by atoms with Gasteiger partial charge in [-0.1, -0.05) is 89.5 Å². The molecule has 0 atom stereocenters. The molecule has 2 heteroatoms. The van der Waals surface area contributed by atoms with Gasteiger partial charge in [0.15, 0.2) is 0 Å². The Morgan fingerprint density at radius 2 is 1.50 bits per heavy atom. The number of carbonyl (C=O) groups is 1. The molecule has 0 saturated heterocycles. The van der Waals surface area contributed by atoms with Crippen LogP contribution < -0.4 is 4.74 Å². The minimum atomic E-state index is -0.284. The van der Waals surface area contributed by atoms with Crippen LogP contribution in [0, 0.1) is 0 Å². The van der Waals surface area contributed by atoms with E-state index in [0.29, 0.717) is 16.7 Å². The fourth-order valence-electron chi connectivity index (χ4n) is 4.90. The van der Waals surface area contributed by atoms with Gasteiger partial charge in [0.1, 0.15) is 5.75 Å². The lowest BCUT2D eigenvalue weighted by Crippen LogP contribution is -2.29. The van der Waals surface area contributed by atoms with Crippen LogP contribution in [-0.4, -0.2) is 5.97 Å². The monoisotopic (exact) mass is 406 g/mol. The van der Waals surface area contributed by atoms with Crippen LogP contribution in [0.2, 0.25) is 0 Å². The third-order valence-electron chi connectivity index (χ3n) is 6.84. The van der Waals surface area contributed by atoms with Crippen molar-refractivity contribution in [3.63, 3.8) is 0 Å². The van der Waals surface area contributed by atoms with E-state index < -0.39 is 0 Å². The number of aryl methyl sites for hydroxylation is 1. The van der Waals surface area contributed by atoms with Crippen LogP contribution in [0.25, 0.3) is 0 Å². The standard InChI is InChI=1S/C28H38O2/c1-3-5-6-7-9-20-28(21-10-8-11-22-28)25-16-18-26(19-17-25)30-27(29)24-14-12-23(4-2)13-15-24/h12-19H,3-11,20-22H2,1-2H3. The van der Waals surface area contributed by atoms with Gasteiger partial charge in [-0.25, -0.2) is 4.79 Å². The topological polar surface area (TPSA) is 26.3 Å². The highest BCUT2D eigenvalue weighted by Crippen LogP contribution is 2.43. The maximum Gasteiger partial charge on any atom is 0.343 e. The van der Waals surface area contributed by atoms with Gasteiger partial charge < -0.3 is 4.74 Å². The van der Waals surface area contributed by atoms with E-state index >= 15 is 0 Å². The van der Waals surface area contributed by atoms with E-state index in [2.05, 4.69) is 26.0 Å². The molecule has 0 aliphatic heterocycles. The van der Waals surface area contributed by atoms with Crippen LogP contribution in [0.1, 0.15) is 106 Å². The summed E-state index contributed by atoms with van der Waals surface area (Å²) in [6, 6.07) is 16.1. The Bertz CT molecular complexity index is 767. The second-order valence-corrected chi connectivity index (χ2v) is 8.97. The first-order chi connectivity index (χ1) is 14.7. The molecule has 0 N–H and O–H groups in total. The molecule has 30 heavy (non-hydrogen) atoms. The molecule has 0 heterocycles. The van der Waals surface area contributed by atoms with Crippen LogP contribution in [0.3, 0.4) is 0 Å². The summed E-state index contributed by atoms with van der Waals surface area (Å²) in [7, 11) is 0. The van der Waals surface area contributed by atoms with Gasteiger partial charge in [-0.3, -0.25) is 0 Å². The van der Waals surface area contributed by atoms with Gasteiger partial charge >= 0.3 is 5.97 Å². The van der Waals surface area contributed by atoms with Gasteiger partial charge in [0.2, 0.25) is 0 Å². The van der Waals surface area contributed by atoms with Crippen molar-refractivity contribution in [1.29, 1.82) is 0 Å². The molecular weight excluding hydrogens is 368 g/mol. The summed E-state index contributed by atoms with van der Waals surface area (Å²) in [4.78, 5) is 12.5. The normalized spacial score (nSPS) is 15.7. The van der Waals surface area contributed by atoms with Gasteiger partial charge in [0.25, 0.3) is 0 Å². The highest BCUT2D eigenvalue weighted by atomic mass is 16.5. The third kappa shape index (κ3) is 5.97. The maximum atomic E-state index is 12.5. The van der Waals surface area contributed by atoms with E-state index in [9.17, 15) is 4.79 Å². The summed E-state index contributed by atoms with van der Waals surface area (Å²) in [6.07, 6.45) is 15.6. The van der Waals surface area contributed by atoms with Crippen LogP contribution in [0.4, 0.5) is 0 Å². The molecule has 1 aliphatic carbocycles. The molecule has 0 aromatic heterocycles. The zero-order valence-electron chi connectivity index (χ0n) is 18.9. The van der Waals surface area contributed by atoms with Crippen molar-refractivity contribution in [3.8, 4) is 5.75 Å². The molecule has 0 bridgehead atoms. The number of carbonyl (C=O) groups excluding carboxylic acids is 1. The molecule has 1 fully saturated rings. The Labute approximate surface area is 183 Å². The minimum Gasteiger partial charge on any atom is -0.423 e. The number of esters is 1. The molecule has 1 saturated carbocycles. The van der Waals surface area contributed by atoms with E-state index in [1.165, 1.54) is 81.8 Å². The molecule has 0 amide bonds. The van der Waals surface area contributed by atoms with E-state index in [0.717, 1.165) is 6.42 Å². The van der Waals surface area contributed by atoms with Crippen molar-refractivity contribution in [2.45, 2.75) is 96.3 Å². The van der Waals surface area contributed by atoms with Crippen LogP contribution in [0.5, 0.6) is 5.75 Å². The third-order valence-corrected chi connectivity index (χ3v) is 6.84. The lowest BCUT2D eigenvalue weighted by molar-refractivity contribution is 0.0734. The van der Waals surface area contributed by atoms with Gasteiger partial charge in [0.05, 0.1) is 5.56 Å². The molecule has 2 aromatic rings. The predicted octanol–water partition coefficient (Wildman–Crippen LogP) is 8.03. The van der Waals surface area contributed by atoms with Gasteiger partial charge in [-0.2, -0.15) is 0 Å². The fraction of sp³-hybridized carbons (Fsp3) is 0.536. The Morgan fingerprint density at radius 1 is 0.833 bits per heavy atom. The first kappa shape index (κ1) is 22.6. The van der Waals surface area contributed by atoms with Crippen molar-refractivity contribution < 1.29 is 9.53 Å². The minimum absolute atomic E-state index is 0.284. The summed E-state index contributed by atoms with van der Waals surface area (Å²) in [6.45, 7) is 4.39. The van der Waals surface area contributed by atoms with E-state index in [1.807, 2.05) is 36.4 Å². The summed E-state index contributed by atoms with van der Waals surface area (Å²) in [5.74, 6) is 0.353. The maximum absolute atomic E-state index is 12.5. The molecular formula is C28H38O2. The number of benzene rings is 2. The number of hydrogen-bond donors (Lipinski definition) is 0. The molecule has 0 spiro atoms. The Morgan fingerprint density at radius 3 is 2.13 bits per heavy atom. The molecule has 162 valence electrons. The molecule has 3 rings (SSSR count). The van der Waals surface area contributed by atoms with Crippen LogP contribution in [-0.2, 0) is 11.8 Å². The SMILES string of the molecule is CCCCCCCC1(c2ccc(OC(=O)c3ccc(CC)cc3)cc2)CCCCC1. The molecule has 0 unspecified atom stereocenters. The second-order valence-electron chi connectivity index (χ2n) is 8.97. The Balaban J connectivity index is 1.64. The highest BCUT2D eigenvalue weighted by molar-refractivity contribution is 5.91. The summed E-state index contributed by atoms with van der Waals surface area (Å²) >= 11 is 0. The second kappa shape index (κ2) is 11.3. The number of unbranched alkanes of at least 4 members (excludes halogenated alkanes) is 4. The van der Waals surface area contributed by atoms with Crippen molar-refractivity contribution in [2.75, 3.05) is 0 Å². The average Bonchev–Trinajstić information content (AvgIpc) is 2.80. The lowest BCUT2D eigenvalue weighted by atomic mass is 9.66. The molecule has 0 radical (unpaired) electrons. The fourth-order valence-corrected chi connectivity index (χ4v) is 4.90. The smallest absolute Gasteiger partial charge is 0.343 e. The van der Waals surface area contributed by atoms with Gasteiger partial charge in [-0.15, -0.1) is 0 Å². The summed E-state index contributed by atoms with van der Waals surface area (Å²) in [5.41, 5.74) is 3.59. The number of rotatable bonds is 10. The first-order valence-electron chi connectivity index (χ1n) is 12.1. The van der Waals surface area contributed by atoms with E-state index in [4.69, 9.17) is 4.74 Å². The molecule has 1 aliphatic rings. The van der Waals surface area contributed by atoms with Crippen LogP contribution in [0.15, 0.2) is 48.5 Å². The largest absolute Gasteiger partial charge is 0.423 e. The Kier molecular flexibility index (Phi) is 8.54. The predicted molar refractivity (Wildman–Crippen MR) is 125 cm³/mol. The van der Waals surface area contributed by atoms with Crippen molar-refractivity contribution in [3.05, 3.63) is 65.2 Å². The van der Waals surface area contributed by atoms with Gasteiger partial charge in [0, 0.05) is 0 Å². The number of hydrogen-bond acceptors (Lipinski definition) is 2. The van der Waals surface area contributed by atoms with Crippen molar-refractivity contribution in [1.82, 2.24) is 0 Å². The number of ether oxygens (including phenoxy) is 1. The zero-order chi connectivity index (χ0) is 21.2.